The third-order valence-electron chi connectivity index (χ3n) is 4.14. The molecule has 2 heterocycles. The van der Waals surface area contributed by atoms with E-state index >= 15 is 0 Å². The summed E-state index contributed by atoms with van der Waals surface area (Å²) < 4.78 is 18.0. The average Bonchev–Trinajstić information content (AvgIpc) is 3.23. The number of hydrogen-bond donors (Lipinski definition) is 2. The third kappa shape index (κ3) is 3.90. The lowest BCUT2D eigenvalue weighted by atomic mass is 10.2. The number of imidazole rings is 1. The molecule has 0 aliphatic rings. The first-order chi connectivity index (χ1) is 12.6. The topological polar surface area (TPSA) is 72.1 Å². The van der Waals surface area contributed by atoms with Crippen LogP contribution in [0.5, 0.6) is 0 Å². The Balaban J connectivity index is 1.61. The number of hydrogen-bond acceptors (Lipinski definition) is 3. The van der Waals surface area contributed by atoms with Crippen LogP contribution in [0, 0.1) is 12.7 Å². The molecule has 1 aromatic carbocycles. The number of guanidine groups is 1. The van der Waals surface area contributed by atoms with E-state index < -0.39 is 0 Å². The summed E-state index contributed by atoms with van der Waals surface area (Å²) in [5.74, 6) is 1.10. The lowest BCUT2D eigenvalue weighted by Gasteiger charge is -2.13. The normalized spacial score (nSPS) is 11.6. The van der Waals surface area contributed by atoms with Crippen molar-refractivity contribution < 1.29 is 4.39 Å². The van der Waals surface area contributed by atoms with Crippen LogP contribution < -0.4 is 10.6 Å². The van der Waals surface area contributed by atoms with Crippen LogP contribution in [0.2, 0.25) is 0 Å². The predicted molar refractivity (Wildman–Crippen MR) is 98.5 cm³/mol. The Morgan fingerprint density at radius 3 is 2.62 bits per heavy atom. The summed E-state index contributed by atoms with van der Waals surface area (Å²) in [7, 11) is 3.59. The van der Waals surface area contributed by atoms with Gasteiger partial charge >= 0.3 is 0 Å². The molecule has 0 bridgehead atoms. The number of nitrogens with zero attached hydrogens (tertiary/aromatic N) is 5. The van der Waals surface area contributed by atoms with E-state index in [1.807, 2.05) is 26.1 Å². The predicted octanol–water partition coefficient (Wildman–Crippen LogP) is 1.92. The SMILES string of the molecule is CN=C(NCc1ccc(-n2ccnc2C)c(F)c1)NCc1ccnn1C. The molecule has 2 aromatic heterocycles. The quantitative estimate of drug-likeness (QED) is 0.542. The summed E-state index contributed by atoms with van der Waals surface area (Å²) >= 11 is 0. The Labute approximate surface area is 151 Å². The van der Waals surface area contributed by atoms with E-state index in [2.05, 4.69) is 25.7 Å². The van der Waals surface area contributed by atoms with Crippen LogP contribution in [0.3, 0.4) is 0 Å². The van der Waals surface area contributed by atoms with Crippen molar-refractivity contribution in [2.45, 2.75) is 20.0 Å². The summed E-state index contributed by atoms with van der Waals surface area (Å²) in [5.41, 5.74) is 2.36. The highest BCUT2D eigenvalue weighted by Gasteiger charge is 2.08. The lowest BCUT2D eigenvalue weighted by molar-refractivity contribution is 0.613. The molecule has 0 atom stereocenters. The zero-order valence-corrected chi connectivity index (χ0v) is 15.1. The van der Waals surface area contributed by atoms with Crippen LogP contribution >= 0.6 is 0 Å². The fourth-order valence-electron chi connectivity index (χ4n) is 2.64. The van der Waals surface area contributed by atoms with Crippen LogP contribution in [-0.2, 0) is 20.1 Å². The van der Waals surface area contributed by atoms with Gasteiger partial charge in [-0.15, -0.1) is 0 Å². The standard InChI is InChI=1S/C18H22FN7/c1-13-21-8-9-26(13)17-5-4-14(10-16(17)19)11-22-18(20-2)23-12-15-6-7-24-25(15)3/h4-10H,11-12H2,1-3H3,(H2,20,22,23). The minimum Gasteiger partial charge on any atom is -0.352 e. The van der Waals surface area contributed by atoms with E-state index in [1.165, 1.54) is 6.07 Å². The maximum Gasteiger partial charge on any atom is 0.191 e. The van der Waals surface area contributed by atoms with Crippen molar-refractivity contribution >= 4 is 5.96 Å². The smallest absolute Gasteiger partial charge is 0.191 e. The van der Waals surface area contributed by atoms with E-state index in [4.69, 9.17) is 0 Å². The first kappa shape index (κ1) is 17.7. The van der Waals surface area contributed by atoms with Crippen molar-refractivity contribution in [2.75, 3.05) is 7.05 Å². The third-order valence-corrected chi connectivity index (χ3v) is 4.14. The molecule has 0 fully saturated rings. The first-order valence-electron chi connectivity index (χ1n) is 8.28. The van der Waals surface area contributed by atoms with Gasteiger partial charge in [0, 0.05) is 39.2 Å². The molecule has 8 heteroatoms. The highest BCUT2D eigenvalue weighted by Crippen LogP contribution is 2.16. The zero-order valence-electron chi connectivity index (χ0n) is 15.1. The van der Waals surface area contributed by atoms with Gasteiger partial charge in [0.1, 0.15) is 11.6 Å². The lowest BCUT2D eigenvalue weighted by Crippen LogP contribution is -2.36. The van der Waals surface area contributed by atoms with Crippen molar-refractivity contribution in [2.24, 2.45) is 12.0 Å². The van der Waals surface area contributed by atoms with Crippen molar-refractivity contribution in [1.29, 1.82) is 0 Å². The van der Waals surface area contributed by atoms with Crippen molar-refractivity contribution in [3.8, 4) is 5.69 Å². The fourth-order valence-corrected chi connectivity index (χ4v) is 2.64. The van der Waals surface area contributed by atoms with Gasteiger partial charge in [-0.1, -0.05) is 6.07 Å². The van der Waals surface area contributed by atoms with E-state index in [0.29, 0.717) is 24.7 Å². The van der Waals surface area contributed by atoms with E-state index in [1.54, 1.807) is 41.0 Å². The first-order valence-corrected chi connectivity index (χ1v) is 8.28. The van der Waals surface area contributed by atoms with Gasteiger partial charge < -0.3 is 15.2 Å². The second-order valence-electron chi connectivity index (χ2n) is 5.86. The number of halogens is 1. The molecule has 136 valence electrons. The number of benzene rings is 1. The molecule has 3 aromatic rings. The van der Waals surface area contributed by atoms with Crippen LogP contribution in [0.15, 0.2) is 47.8 Å². The van der Waals surface area contributed by atoms with Gasteiger partial charge in [0.05, 0.1) is 17.9 Å². The highest BCUT2D eigenvalue weighted by atomic mass is 19.1. The van der Waals surface area contributed by atoms with Gasteiger partial charge in [0.2, 0.25) is 0 Å². The molecule has 26 heavy (non-hydrogen) atoms. The van der Waals surface area contributed by atoms with Crippen molar-refractivity contribution in [3.63, 3.8) is 0 Å². The second-order valence-corrected chi connectivity index (χ2v) is 5.86. The van der Waals surface area contributed by atoms with E-state index in [9.17, 15) is 4.39 Å². The summed E-state index contributed by atoms with van der Waals surface area (Å²) in [6, 6.07) is 7.11. The molecule has 0 radical (unpaired) electrons. The number of aryl methyl sites for hydroxylation is 2. The Bertz CT molecular complexity index is 910. The Morgan fingerprint density at radius 2 is 2.00 bits per heavy atom. The number of aliphatic imine (C=N–C) groups is 1. The summed E-state index contributed by atoms with van der Waals surface area (Å²) in [4.78, 5) is 8.31. The molecular formula is C18H22FN7. The molecule has 2 N–H and O–H groups in total. The number of rotatable bonds is 5. The molecular weight excluding hydrogens is 333 g/mol. The largest absolute Gasteiger partial charge is 0.352 e. The maximum atomic E-state index is 14.4. The fraction of sp³-hybridized carbons (Fsp3) is 0.278. The Hall–Kier alpha value is -3.16. The van der Waals surface area contributed by atoms with E-state index in [-0.39, 0.29) is 5.82 Å². The van der Waals surface area contributed by atoms with E-state index in [0.717, 1.165) is 17.1 Å². The van der Waals surface area contributed by atoms with Gasteiger partial charge in [0.25, 0.3) is 0 Å². The Kier molecular flexibility index (Phi) is 5.31. The number of aromatic nitrogens is 4. The highest BCUT2D eigenvalue weighted by molar-refractivity contribution is 5.79. The molecule has 0 spiro atoms. The second kappa shape index (κ2) is 7.81. The monoisotopic (exact) mass is 355 g/mol. The van der Waals surface area contributed by atoms with Crippen molar-refractivity contribution in [3.05, 3.63) is 65.8 Å². The van der Waals surface area contributed by atoms with Gasteiger partial charge in [-0.05, 0) is 30.7 Å². The van der Waals surface area contributed by atoms with Crippen LogP contribution in [0.25, 0.3) is 5.69 Å². The molecule has 0 saturated heterocycles. The molecule has 7 nitrogen and oxygen atoms in total. The molecule has 0 aliphatic carbocycles. The van der Waals surface area contributed by atoms with Crippen molar-refractivity contribution in [1.82, 2.24) is 30.0 Å². The number of nitrogens with one attached hydrogen (secondary N) is 2. The summed E-state index contributed by atoms with van der Waals surface area (Å²) in [5, 5.41) is 10.5. The molecule has 0 saturated carbocycles. The van der Waals surface area contributed by atoms with Gasteiger partial charge in [-0.3, -0.25) is 9.67 Å². The molecule has 0 aliphatic heterocycles. The molecule has 3 rings (SSSR count). The zero-order chi connectivity index (χ0) is 18.5. The molecule has 0 unspecified atom stereocenters. The molecule has 0 amide bonds. The van der Waals surface area contributed by atoms with Crippen LogP contribution in [-0.4, -0.2) is 32.3 Å². The van der Waals surface area contributed by atoms with Crippen LogP contribution in [0.1, 0.15) is 17.1 Å². The minimum atomic E-state index is -0.289. The van der Waals surface area contributed by atoms with Gasteiger partial charge in [-0.2, -0.15) is 5.10 Å². The Morgan fingerprint density at radius 1 is 1.19 bits per heavy atom. The van der Waals surface area contributed by atoms with Gasteiger partial charge in [-0.25, -0.2) is 9.37 Å². The summed E-state index contributed by atoms with van der Waals surface area (Å²) in [6.07, 6.45) is 5.15. The minimum absolute atomic E-state index is 0.289. The maximum absolute atomic E-state index is 14.4. The average molecular weight is 355 g/mol. The van der Waals surface area contributed by atoms with Crippen LogP contribution in [0.4, 0.5) is 4.39 Å². The van der Waals surface area contributed by atoms with Gasteiger partial charge in [0.15, 0.2) is 5.96 Å². The summed E-state index contributed by atoms with van der Waals surface area (Å²) in [6.45, 7) is 2.90.